The number of aliphatic imine (C=N–C) groups is 1. The normalized spacial score (nSPS) is 17.6. The number of rotatable bonds is 9. The topological polar surface area (TPSA) is 101 Å². The third kappa shape index (κ3) is 7.45. The van der Waals surface area contributed by atoms with Gasteiger partial charge in [0.15, 0.2) is 5.78 Å². The second-order valence-corrected chi connectivity index (χ2v) is 12.9. The van der Waals surface area contributed by atoms with E-state index < -0.39 is 0 Å². The largest absolute Gasteiger partial charge is 0.497 e. The molecule has 45 heavy (non-hydrogen) atoms. The summed E-state index contributed by atoms with van der Waals surface area (Å²) in [6.45, 7) is 10.1. The Balaban J connectivity index is 1.35. The van der Waals surface area contributed by atoms with Crippen molar-refractivity contribution in [2.45, 2.75) is 52.5 Å². The van der Waals surface area contributed by atoms with Crippen molar-refractivity contribution in [1.82, 2.24) is 10.6 Å². The molecule has 2 aliphatic rings. The van der Waals surface area contributed by atoms with Crippen LogP contribution in [0.4, 0.5) is 10.5 Å². The molecule has 3 N–H and O–H groups in total. The lowest BCUT2D eigenvalue weighted by Gasteiger charge is -2.30. The quantitative estimate of drug-likeness (QED) is 0.223. The number of methoxy groups -OCH3 is 2. The van der Waals surface area contributed by atoms with Crippen molar-refractivity contribution in [3.63, 3.8) is 0 Å². The Morgan fingerprint density at radius 1 is 0.911 bits per heavy atom. The minimum atomic E-state index is -0.358. The Hall–Kier alpha value is -4.43. The number of benzene rings is 3. The summed E-state index contributed by atoms with van der Waals surface area (Å²) >= 11 is 0. The van der Waals surface area contributed by atoms with Crippen molar-refractivity contribution in [3.05, 3.63) is 101 Å². The summed E-state index contributed by atoms with van der Waals surface area (Å²) in [5.41, 5.74) is 5.76. The number of urea groups is 1. The van der Waals surface area contributed by atoms with Gasteiger partial charge >= 0.3 is 6.03 Å². The fraction of sp³-hybridized carbons (Fsp3) is 0.378. The molecule has 0 bridgehead atoms. The van der Waals surface area contributed by atoms with Crippen molar-refractivity contribution < 1.29 is 19.1 Å². The summed E-state index contributed by atoms with van der Waals surface area (Å²) in [4.78, 5) is 32.4. The van der Waals surface area contributed by atoms with E-state index in [-0.39, 0.29) is 35.1 Å². The third-order valence-corrected chi connectivity index (χ3v) is 8.61. The number of carbonyl (C=O) groups is 2. The number of Topliss-reactive ketones (excluding diaryl/α,β-unsaturated/α-hetero) is 1. The minimum absolute atomic E-state index is 0.000993. The Bertz CT molecular complexity index is 1580. The number of ketones is 1. The molecule has 0 aliphatic carbocycles. The van der Waals surface area contributed by atoms with E-state index in [0.717, 1.165) is 48.5 Å². The first kappa shape index (κ1) is 32.0. The fourth-order valence-corrected chi connectivity index (χ4v) is 6.05. The van der Waals surface area contributed by atoms with E-state index in [2.05, 4.69) is 67.9 Å². The predicted octanol–water partition coefficient (Wildman–Crippen LogP) is 7.23. The van der Waals surface area contributed by atoms with Crippen LogP contribution >= 0.6 is 0 Å². The lowest BCUT2D eigenvalue weighted by Crippen LogP contribution is -2.34. The van der Waals surface area contributed by atoms with Crippen LogP contribution in [-0.2, 0) is 0 Å². The highest BCUT2D eigenvalue weighted by atomic mass is 16.5. The SMILES string of the molecule is COc1ccc(OC)c(C(=O)C(c2ccc(NC(=O)NC3=CC(C(C)(C)C)=NC3c3ccc(C)cc3)cc2)C2CCNCC2)c1. The van der Waals surface area contributed by atoms with Crippen LogP contribution in [0.25, 0.3) is 0 Å². The molecule has 2 heterocycles. The Labute approximate surface area is 266 Å². The maximum absolute atomic E-state index is 14.2. The van der Waals surface area contributed by atoms with Crippen molar-refractivity contribution in [3.8, 4) is 11.5 Å². The number of hydrogen-bond donors (Lipinski definition) is 3. The van der Waals surface area contributed by atoms with Gasteiger partial charge in [0.2, 0.25) is 0 Å². The molecule has 1 fully saturated rings. The van der Waals surface area contributed by atoms with Gasteiger partial charge in [-0.25, -0.2) is 4.79 Å². The Morgan fingerprint density at radius 3 is 2.22 bits per heavy atom. The maximum Gasteiger partial charge on any atom is 0.323 e. The minimum Gasteiger partial charge on any atom is -0.497 e. The van der Waals surface area contributed by atoms with Gasteiger partial charge in [-0.3, -0.25) is 9.79 Å². The molecular formula is C37H44N4O4. The van der Waals surface area contributed by atoms with Crippen LogP contribution in [0.2, 0.25) is 0 Å². The van der Waals surface area contributed by atoms with Crippen LogP contribution in [-0.4, -0.2) is 44.8 Å². The zero-order valence-electron chi connectivity index (χ0n) is 27.1. The number of anilines is 1. The number of ether oxygens (including phenoxy) is 2. The molecule has 0 aromatic heterocycles. The molecule has 0 spiro atoms. The van der Waals surface area contributed by atoms with E-state index >= 15 is 0 Å². The van der Waals surface area contributed by atoms with Gasteiger partial charge in [0.1, 0.15) is 17.5 Å². The molecule has 2 aliphatic heterocycles. The first-order valence-electron chi connectivity index (χ1n) is 15.6. The Morgan fingerprint density at radius 2 is 1.60 bits per heavy atom. The van der Waals surface area contributed by atoms with Crippen LogP contribution < -0.4 is 25.4 Å². The number of piperidine rings is 1. The third-order valence-electron chi connectivity index (χ3n) is 8.61. The molecular weight excluding hydrogens is 564 g/mol. The number of nitrogens with one attached hydrogen (secondary N) is 3. The Kier molecular flexibility index (Phi) is 9.73. The molecule has 8 heteroatoms. The van der Waals surface area contributed by atoms with E-state index in [1.54, 1.807) is 32.4 Å². The fourth-order valence-electron chi connectivity index (χ4n) is 6.05. The monoisotopic (exact) mass is 608 g/mol. The van der Waals surface area contributed by atoms with E-state index in [0.29, 0.717) is 22.7 Å². The van der Waals surface area contributed by atoms with Crippen molar-refractivity contribution >= 4 is 23.2 Å². The lowest BCUT2D eigenvalue weighted by molar-refractivity contribution is 0.0912. The first-order valence-corrected chi connectivity index (χ1v) is 15.6. The van der Waals surface area contributed by atoms with Crippen LogP contribution in [0, 0.1) is 18.3 Å². The van der Waals surface area contributed by atoms with E-state index in [9.17, 15) is 9.59 Å². The summed E-state index contributed by atoms with van der Waals surface area (Å²) in [5.74, 6) is 0.944. The van der Waals surface area contributed by atoms with Crippen LogP contribution in [0.3, 0.4) is 0 Å². The second-order valence-electron chi connectivity index (χ2n) is 12.9. The molecule has 1 saturated heterocycles. The first-order chi connectivity index (χ1) is 21.6. The molecule has 0 radical (unpaired) electrons. The maximum atomic E-state index is 14.2. The summed E-state index contributed by atoms with van der Waals surface area (Å²) in [6, 6.07) is 20.5. The van der Waals surface area contributed by atoms with Gasteiger partial charge in [-0.1, -0.05) is 62.7 Å². The zero-order valence-corrected chi connectivity index (χ0v) is 27.1. The molecule has 2 unspecified atom stereocenters. The lowest BCUT2D eigenvalue weighted by atomic mass is 9.76. The van der Waals surface area contributed by atoms with Crippen LogP contribution in [0.5, 0.6) is 11.5 Å². The molecule has 8 nitrogen and oxygen atoms in total. The van der Waals surface area contributed by atoms with E-state index in [1.165, 1.54) is 5.56 Å². The zero-order chi connectivity index (χ0) is 32.1. The number of aryl methyl sites for hydroxylation is 1. The molecule has 0 saturated carbocycles. The summed E-state index contributed by atoms with van der Waals surface area (Å²) in [7, 11) is 3.16. The van der Waals surface area contributed by atoms with E-state index in [4.69, 9.17) is 14.5 Å². The van der Waals surface area contributed by atoms with Crippen LogP contribution in [0.1, 0.15) is 72.6 Å². The van der Waals surface area contributed by atoms with Gasteiger partial charge in [0, 0.05) is 16.8 Å². The molecule has 5 rings (SSSR count). The molecule has 2 amide bonds. The summed E-state index contributed by atoms with van der Waals surface area (Å²) in [6.07, 6.45) is 3.76. The van der Waals surface area contributed by atoms with Gasteiger partial charge in [-0.2, -0.15) is 0 Å². The smallest absolute Gasteiger partial charge is 0.323 e. The highest BCUT2D eigenvalue weighted by molar-refractivity contribution is 6.04. The second kappa shape index (κ2) is 13.7. The molecule has 2 atom stereocenters. The predicted molar refractivity (Wildman–Crippen MR) is 180 cm³/mol. The van der Waals surface area contributed by atoms with Gasteiger partial charge in [-0.15, -0.1) is 0 Å². The number of nitrogens with zero attached hydrogens (tertiary/aromatic N) is 1. The van der Waals surface area contributed by atoms with Gasteiger partial charge in [-0.05, 0) is 86.3 Å². The molecule has 236 valence electrons. The van der Waals surface area contributed by atoms with Crippen molar-refractivity contribution in [2.75, 3.05) is 32.6 Å². The highest BCUT2D eigenvalue weighted by Crippen LogP contribution is 2.38. The average molecular weight is 609 g/mol. The highest BCUT2D eigenvalue weighted by Gasteiger charge is 2.34. The number of amides is 2. The number of allylic oxidation sites excluding steroid dienone is 1. The molecule has 3 aromatic rings. The van der Waals surface area contributed by atoms with Gasteiger partial charge in [0.05, 0.1) is 31.4 Å². The number of hydrogen-bond acceptors (Lipinski definition) is 6. The number of carbonyl (C=O) groups excluding carboxylic acids is 2. The molecule has 3 aromatic carbocycles. The summed E-state index contributed by atoms with van der Waals surface area (Å²) < 4.78 is 11.0. The summed E-state index contributed by atoms with van der Waals surface area (Å²) in [5, 5.41) is 9.43. The van der Waals surface area contributed by atoms with Gasteiger partial charge in [0.25, 0.3) is 0 Å². The van der Waals surface area contributed by atoms with Crippen molar-refractivity contribution in [1.29, 1.82) is 0 Å². The standard InChI is InChI=1S/C37H44N4O4/c1-23-7-9-26(10-8-23)34-30(22-32(41-34)37(2,3)4)40-36(43)39-27-13-11-24(12-14-27)33(25-17-19-38-20-18-25)35(42)29-21-28(44-5)15-16-31(29)45-6/h7-16,21-22,25,33-34,38H,17-20H2,1-6H3,(H2,39,40,43). The van der Waals surface area contributed by atoms with E-state index in [1.807, 2.05) is 30.3 Å². The average Bonchev–Trinajstić information content (AvgIpc) is 3.46. The van der Waals surface area contributed by atoms with Gasteiger partial charge < -0.3 is 25.4 Å². The van der Waals surface area contributed by atoms with Crippen LogP contribution in [0.15, 0.2) is 83.5 Å². The van der Waals surface area contributed by atoms with Crippen molar-refractivity contribution in [2.24, 2.45) is 16.3 Å².